The highest BCUT2D eigenvalue weighted by Gasteiger charge is 2.22. The summed E-state index contributed by atoms with van der Waals surface area (Å²) in [6.45, 7) is 6.31. The molecule has 1 aliphatic carbocycles. The maximum atomic E-state index is 13.0. The van der Waals surface area contributed by atoms with Crippen LogP contribution in [0.25, 0.3) is 0 Å². The van der Waals surface area contributed by atoms with Crippen molar-refractivity contribution >= 4 is 5.88 Å². The topological polar surface area (TPSA) is 38.1 Å². The third kappa shape index (κ3) is 3.56. The van der Waals surface area contributed by atoms with Crippen molar-refractivity contribution in [3.8, 4) is 0 Å². The smallest absolute Gasteiger partial charge is 0.229 e. The van der Waals surface area contributed by atoms with E-state index in [-0.39, 0.29) is 11.2 Å². The first-order chi connectivity index (χ1) is 10.4. The second kappa shape index (κ2) is 5.59. The molecule has 4 heteroatoms. The summed E-state index contributed by atoms with van der Waals surface area (Å²) in [5, 5.41) is 7.48. The van der Waals surface area contributed by atoms with Gasteiger partial charge in [0.1, 0.15) is 5.82 Å². The average molecular weight is 300 g/mol. The van der Waals surface area contributed by atoms with Crippen molar-refractivity contribution in [1.29, 1.82) is 0 Å². The molecule has 0 aliphatic heterocycles. The Bertz CT molecular complexity index is 687. The third-order valence-corrected chi connectivity index (χ3v) is 3.77. The zero-order chi connectivity index (χ0) is 15.7. The van der Waals surface area contributed by atoms with Gasteiger partial charge in [-0.05, 0) is 36.1 Å². The number of nitrogens with zero attached hydrogens (tertiary/aromatic N) is 1. The molecule has 0 spiro atoms. The predicted octanol–water partition coefficient (Wildman–Crippen LogP) is 4.81. The number of hydrogen-bond donors (Lipinski definition) is 1. The van der Waals surface area contributed by atoms with Crippen LogP contribution in [0.5, 0.6) is 0 Å². The van der Waals surface area contributed by atoms with E-state index in [0.29, 0.717) is 5.88 Å². The lowest BCUT2D eigenvalue weighted by Crippen LogP contribution is -2.11. The molecule has 0 radical (unpaired) electrons. The van der Waals surface area contributed by atoms with Gasteiger partial charge < -0.3 is 9.84 Å². The largest absolute Gasteiger partial charge is 0.338 e. The van der Waals surface area contributed by atoms with Gasteiger partial charge in [0.15, 0.2) is 0 Å². The van der Waals surface area contributed by atoms with E-state index >= 15 is 0 Å². The summed E-state index contributed by atoms with van der Waals surface area (Å²) in [5.41, 5.74) is 4.52. The van der Waals surface area contributed by atoms with Gasteiger partial charge in [-0.2, -0.15) is 0 Å². The monoisotopic (exact) mass is 300 g/mol. The van der Waals surface area contributed by atoms with Crippen LogP contribution in [0.3, 0.4) is 0 Å². The number of allylic oxidation sites excluding steroid dienone is 2. The van der Waals surface area contributed by atoms with E-state index in [1.807, 2.05) is 18.2 Å². The molecule has 1 heterocycles. The summed E-state index contributed by atoms with van der Waals surface area (Å²) >= 11 is 0. The first-order valence-corrected chi connectivity index (χ1v) is 7.61. The number of nitrogens with one attached hydrogen (secondary N) is 1. The minimum Gasteiger partial charge on any atom is -0.338 e. The molecule has 0 unspecified atom stereocenters. The lowest BCUT2D eigenvalue weighted by atomic mass is 9.92. The number of hydrogen-bond acceptors (Lipinski definition) is 3. The molecule has 1 aliphatic rings. The van der Waals surface area contributed by atoms with E-state index in [4.69, 9.17) is 4.52 Å². The highest BCUT2D eigenvalue weighted by Crippen LogP contribution is 2.34. The molecule has 0 saturated heterocycles. The van der Waals surface area contributed by atoms with Gasteiger partial charge in [0.05, 0.1) is 5.69 Å². The molecule has 1 N–H and O–H groups in total. The van der Waals surface area contributed by atoms with Crippen molar-refractivity contribution in [2.45, 2.75) is 45.4 Å². The summed E-state index contributed by atoms with van der Waals surface area (Å²) in [7, 11) is 0. The van der Waals surface area contributed by atoms with Gasteiger partial charge >= 0.3 is 0 Å². The van der Waals surface area contributed by atoms with Gasteiger partial charge in [-0.1, -0.05) is 38.1 Å². The van der Waals surface area contributed by atoms with Gasteiger partial charge in [-0.15, -0.1) is 0 Å². The van der Waals surface area contributed by atoms with Crippen molar-refractivity contribution in [3.63, 3.8) is 0 Å². The second-order valence-corrected chi connectivity index (χ2v) is 6.84. The second-order valence-electron chi connectivity index (χ2n) is 6.84. The number of anilines is 1. The molecule has 0 bridgehead atoms. The number of aromatic nitrogens is 1. The summed E-state index contributed by atoms with van der Waals surface area (Å²) < 4.78 is 18.4. The van der Waals surface area contributed by atoms with Gasteiger partial charge in [0.25, 0.3) is 0 Å². The van der Waals surface area contributed by atoms with Crippen LogP contribution in [-0.2, 0) is 11.8 Å². The van der Waals surface area contributed by atoms with Crippen LogP contribution in [0.2, 0.25) is 0 Å². The van der Waals surface area contributed by atoms with Gasteiger partial charge in [0.2, 0.25) is 5.88 Å². The molecule has 2 aromatic rings. The fraction of sp³-hybridized carbons (Fsp3) is 0.389. The molecule has 1 saturated carbocycles. The Balaban J connectivity index is 1.75. The Kier molecular flexibility index (Phi) is 3.77. The third-order valence-electron chi connectivity index (χ3n) is 3.77. The van der Waals surface area contributed by atoms with Crippen molar-refractivity contribution in [2.75, 3.05) is 5.32 Å². The summed E-state index contributed by atoms with van der Waals surface area (Å²) in [5.74, 6) is 0.462. The van der Waals surface area contributed by atoms with Crippen molar-refractivity contribution < 1.29 is 8.91 Å². The van der Waals surface area contributed by atoms with Crippen molar-refractivity contribution in [1.82, 2.24) is 5.16 Å². The van der Waals surface area contributed by atoms with Crippen LogP contribution < -0.4 is 5.32 Å². The minimum atomic E-state index is -0.206. The molecular weight excluding hydrogens is 279 g/mol. The Morgan fingerprint density at radius 3 is 2.45 bits per heavy atom. The number of rotatable bonds is 4. The Hall–Kier alpha value is -2.10. The van der Waals surface area contributed by atoms with Crippen LogP contribution in [0, 0.1) is 5.82 Å². The first kappa shape index (κ1) is 14.8. The first-order valence-electron chi connectivity index (χ1n) is 7.61. The fourth-order valence-corrected chi connectivity index (χ4v) is 2.26. The molecular formula is C18H21FN2O. The molecule has 1 aromatic carbocycles. The van der Waals surface area contributed by atoms with Gasteiger partial charge in [-0.3, -0.25) is 0 Å². The quantitative estimate of drug-likeness (QED) is 0.880. The van der Waals surface area contributed by atoms with Gasteiger partial charge in [-0.25, -0.2) is 4.39 Å². The maximum Gasteiger partial charge on any atom is 0.229 e. The molecule has 0 atom stereocenters. The Morgan fingerprint density at radius 2 is 1.91 bits per heavy atom. The Morgan fingerprint density at radius 1 is 1.23 bits per heavy atom. The molecule has 116 valence electrons. The number of benzene rings is 1. The maximum absolute atomic E-state index is 13.0. The molecule has 0 amide bonds. The molecule has 3 nitrogen and oxygen atoms in total. The number of halogens is 1. The highest BCUT2D eigenvalue weighted by molar-refractivity contribution is 5.46. The van der Waals surface area contributed by atoms with E-state index in [2.05, 4.69) is 31.2 Å². The average Bonchev–Trinajstić information content (AvgIpc) is 3.19. The zero-order valence-electron chi connectivity index (χ0n) is 13.2. The molecule has 3 rings (SSSR count). The summed E-state index contributed by atoms with van der Waals surface area (Å²) in [6.07, 6.45) is 2.98. The van der Waals surface area contributed by atoms with Crippen molar-refractivity contribution in [2.24, 2.45) is 0 Å². The SMILES string of the molecule is CC(C)(C)c1cc(NC(Cc2ccc(F)cc2)=C2CC2)on1. The van der Waals surface area contributed by atoms with Gasteiger partial charge in [0, 0.05) is 23.6 Å². The van der Waals surface area contributed by atoms with E-state index in [1.165, 1.54) is 17.7 Å². The van der Waals surface area contributed by atoms with Crippen LogP contribution in [-0.4, -0.2) is 5.16 Å². The van der Waals surface area contributed by atoms with Crippen LogP contribution in [0.4, 0.5) is 10.3 Å². The molecule has 1 fully saturated rings. The standard InChI is InChI=1S/C18H21FN2O/c1-18(2,3)16-11-17(22-21-16)20-15(13-6-7-13)10-12-4-8-14(19)9-5-12/h4-5,8-9,11,20H,6-7,10H2,1-3H3. The minimum absolute atomic E-state index is 0.0345. The predicted molar refractivity (Wildman–Crippen MR) is 85.2 cm³/mol. The van der Waals surface area contributed by atoms with Crippen LogP contribution in [0.1, 0.15) is 44.9 Å². The van der Waals surface area contributed by atoms with E-state index in [1.54, 1.807) is 0 Å². The van der Waals surface area contributed by atoms with Crippen LogP contribution in [0.15, 0.2) is 46.1 Å². The lowest BCUT2D eigenvalue weighted by Gasteiger charge is -2.12. The van der Waals surface area contributed by atoms with E-state index in [0.717, 1.165) is 36.2 Å². The fourth-order valence-electron chi connectivity index (χ4n) is 2.26. The summed E-state index contributed by atoms with van der Waals surface area (Å²) in [6, 6.07) is 8.59. The zero-order valence-corrected chi connectivity index (χ0v) is 13.2. The van der Waals surface area contributed by atoms with E-state index in [9.17, 15) is 4.39 Å². The lowest BCUT2D eigenvalue weighted by molar-refractivity contribution is 0.404. The Labute approximate surface area is 130 Å². The molecule has 1 aromatic heterocycles. The van der Waals surface area contributed by atoms with Crippen LogP contribution >= 0.6 is 0 Å². The summed E-state index contributed by atoms with van der Waals surface area (Å²) in [4.78, 5) is 0. The normalized spacial score (nSPS) is 14.1. The van der Waals surface area contributed by atoms with Crippen molar-refractivity contribution in [3.05, 3.63) is 58.7 Å². The highest BCUT2D eigenvalue weighted by atomic mass is 19.1. The molecule has 22 heavy (non-hydrogen) atoms. The van der Waals surface area contributed by atoms with E-state index < -0.39 is 0 Å².